The SMILES string of the molecule is Cc1ccc(C(N)=NO)c(SC2CCCCC2)n1. The van der Waals surface area contributed by atoms with E-state index in [9.17, 15) is 0 Å². The van der Waals surface area contributed by atoms with E-state index in [2.05, 4.69) is 10.1 Å². The maximum absolute atomic E-state index is 8.81. The highest BCUT2D eigenvalue weighted by molar-refractivity contribution is 7.99. The Morgan fingerprint density at radius 2 is 2.11 bits per heavy atom. The second-order valence-corrected chi connectivity index (χ2v) is 5.96. The highest BCUT2D eigenvalue weighted by Crippen LogP contribution is 2.34. The van der Waals surface area contributed by atoms with E-state index in [1.54, 1.807) is 11.8 Å². The van der Waals surface area contributed by atoms with Crippen molar-refractivity contribution in [2.45, 2.75) is 49.3 Å². The topological polar surface area (TPSA) is 71.5 Å². The predicted molar refractivity (Wildman–Crippen MR) is 74.2 cm³/mol. The number of aryl methyl sites for hydroxylation is 1. The van der Waals surface area contributed by atoms with Gasteiger partial charge < -0.3 is 10.9 Å². The highest BCUT2D eigenvalue weighted by atomic mass is 32.2. The number of hydrogen-bond acceptors (Lipinski definition) is 4. The Morgan fingerprint density at radius 3 is 2.78 bits per heavy atom. The molecule has 0 spiro atoms. The van der Waals surface area contributed by atoms with Gasteiger partial charge in [0.25, 0.3) is 0 Å². The van der Waals surface area contributed by atoms with Crippen molar-refractivity contribution in [3.8, 4) is 0 Å². The first kappa shape index (κ1) is 13.2. The molecule has 1 aliphatic carbocycles. The molecule has 0 aromatic carbocycles. The van der Waals surface area contributed by atoms with Gasteiger partial charge in [-0.15, -0.1) is 11.8 Å². The number of thioether (sulfide) groups is 1. The molecule has 5 heteroatoms. The first-order valence-electron chi connectivity index (χ1n) is 6.33. The van der Waals surface area contributed by atoms with Gasteiger partial charge in [-0.1, -0.05) is 24.4 Å². The van der Waals surface area contributed by atoms with Crippen LogP contribution in [0.15, 0.2) is 22.3 Å². The van der Waals surface area contributed by atoms with Crippen LogP contribution in [0.4, 0.5) is 0 Å². The Morgan fingerprint density at radius 1 is 1.39 bits per heavy atom. The van der Waals surface area contributed by atoms with Gasteiger partial charge in [0.05, 0.1) is 5.56 Å². The van der Waals surface area contributed by atoms with E-state index in [0.717, 1.165) is 16.3 Å². The zero-order valence-electron chi connectivity index (χ0n) is 10.6. The van der Waals surface area contributed by atoms with Gasteiger partial charge in [0.15, 0.2) is 5.84 Å². The van der Waals surface area contributed by atoms with Crippen molar-refractivity contribution in [2.24, 2.45) is 10.9 Å². The lowest BCUT2D eigenvalue weighted by Gasteiger charge is -2.21. The lowest BCUT2D eigenvalue weighted by atomic mass is 10.0. The average molecular weight is 265 g/mol. The minimum absolute atomic E-state index is 0.140. The number of nitrogens with zero attached hydrogens (tertiary/aromatic N) is 2. The van der Waals surface area contributed by atoms with Crippen LogP contribution in [0.1, 0.15) is 43.4 Å². The minimum atomic E-state index is 0.140. The Balaban J connectivity index is 2.21. The molecule has 0 amide bonds. The smallest absolute Gasteiger partial charge is 0.172 e. The van der Waals surface area contributed by atoms with Gasteiger partial charge >= 0.3 is 0 Å². The molecular formula is C13H19N3OS. The van der Waals surface area contributed by atoms with Crippen molar-refractivity contribution in [1.82, 2.24) is 4.98 Å². The molecule has 1 aromatic heterocycles. The fraction of sp³-hybridized carbons (Fsp3) is 0.538. The number of aromatic nitrogens is 1. The second kappa shape index (κ2) is 6.09. The molecule has 2 rings (SSSR count). The Bertz CT molecular complexity index is 442. The fourth-order valence-corrected chi connectivity index (χ4v) is 3.59. The molecule has 0 radical (unpaired) electrons. The van der Waals surface area contributed by atoms with Crippen molar-refractivity contribution in [3.63, 3.8) is 0 Å². The summed E-state index contributed by atoms with van der Waals surface area (Å²) < 4.78 is 0. The van der Waals surface area contributed by atoms with Gasteiger partial charge in [0, 0.05) is 10.9 Å². The molecule has 0 aliphatic heterocycles. The monoisotopic (exact) mass is 265 g/mol. The van der Waals surface area contributed by atoms with Gasteiger partial charge in [-0.2, -0.15) is 0 Å². The van der Waals surface area contributed by atoms with E-state index in [0.29, 0.717) is 5.25 Å². The van der Waals surface area contributed by atoms with Crippen LogP contribution in [0.5, 0.6) is 0 Å². The summed E-state index contributed by atoms with van der Waals surface area (Å²) in [4.78, 5) is 4.53. The molecule has 1 heterocycles. The van der Waals surface area contributed by atoms with E-state index in [1.165, 1.54) is 32.1 Å². The molecule has 18 heavy (non-hydrogen) atoms. The number of amidine groups is 1. The quantitative estimate of drug-likeness (QED) is 0.381. The van der Waals surface area contributed by atoms with Crippen molar-refractivity contribution < 1.29 is 5.21 Å². The summed E-state index contributed by atoms with van der Waals surface area (Å²) in [6.07, 6.45) is 6.39. The molecule has 98 valence electrons. The molecule has 0 bridgehead atoms. The Labute approximate surface area is 112 Å². The lowest BCUT2D eigenvalue weighted by Crippen LogP contribution is -2.16. The summed E-state index contributed by atoms with van der Waals surface area (Å²) in [6, 6.07) is 3.76. The predicted octanol–water partition coefficient (Wildman–Crippen LogP) is 2.91. The first-order chi connectivity index (χ1) is 8.70. The molecule has 1 aliphatic rings. The fourth-order valence-electron chi connectivity index (χ4n) is 2.21. The number of pyridine rings is 1. The maximum atomic E-state index is 8.81. The molecular weight excluding hydrogens is 246 g/mol. The summed E-state index contributed by atoms with van der Waals surface area (Å²) in [5.74, 6) is 0.140. The lowest BCUT2D eigenvalue weighted by molar-refractivity contribution is 0.318. The molecule has 0 unspecified atom stereocenters. The number of nitrogens with two attached hydrogens (primary N) is 1. The van der Waals surface area contributed by atoms with Crippen molar-refractivity contribution in [2.75, 3.05) is 0 Å². The van der Waals surface area contributed by atoms with Crippen molar-refractivity contribution in [3.05, 3.63) is 23.4 Å². The van der Waals surface area contributed by atoms with Gasteiger partial charge in [-0.05, 0) is 31.9 Å². The van der Waals surface area contributed by atoms with Gasteiger partial charge in [0.1, 0.15) is 5.03 Å². The molecule has 1 fully saturated rings. The van der Waals surface area contributed by atoms with Crippen LogP contribution in [-0.2, 0) is 0 Å². The molecule has 0 saturated heterocycles. The molecule has 3 N–H and O–H groups in total. The van der Waals surface area contributed by atoms with Gasteiger partial charge in [0.2, 0.25) is 0 Å². The van der Waals surface area contributed by atoms with Crippen LogP contribution < -0.4 is 5.73 Å². The Kier molecular flexibility index (Phi) is 4.47. The summed E-state index contributed by atoms with van der Waals surface area (Å²) >= 11 is 1.77. The van der Waals surface area contributed by atoms with E-state index < -0.39 is 0 Å². The summed E-state index contributed by atoms with van der Waals surface area (Å²) in [5.41, 5.74) is 7.39. The molecule has 1 saturated carbocycles. The summed E-state index contributed by atoms with van der Waals surface area (Å²) in [6.45, 7) is 1.96. The molecule has 0 atom stereocenters. The number of hydrogen-bond donors (Lipinski definition) is 2. The zero-order valence-corrected chi connectivity index (χ0v) is 11.4. The van der Waals surface area contributed by atoms with Crippen LogP contribution >= 0.6 is 11.8 Å². The maximum Gasteiger partial charge on any atom is 0.172 e. The van der Waals surface area contributed by atoms with Crippen LogP contribution in [0, 0.1) is 6.92 Å². The summed E-state index contributed by atoms with van der Waals surface area (Å²) in [7, 11) is 0. The van der Waals surface area contributed by atoms with Crippen LogP contribution in [0.3, 0.4) is 0 Å². The normalized spacial score (nSPS) is 17.9. The number of rotatable bonds is 3. The van der Waals surface area contributed by atoms with E-state index in [4.69, 9.17) is 10.9 Å². The van der Waals surface area contributed by atoms with Crippen LogP contribution in [0.2, 0.25) is 0 Å². The number of oxime groups is 1. The van der Waals surface area contributed by atoms with Crippen LogP contribution in [-0.4, -0.2) is 21.3 Å². The molecule has 1 aromatic rings. The molecule has 4 nitrogen and oxygen atoms in total. The average Bonchev–Trinajstić information content (AvgIpc) is 2.39. The second-order valence-electron chi connectivity index (χ2n) is 4.67. The standard InChI is InChI=1S/C13H19N3OS/c1-9-7-8-11(12(14)16-17)13(15-9)18-10-5-3-2-4-6-10/h7-8,10,17H,2-6H2,1H3,(H2,14,16). The van der Waals surface area contributed by atoms with Crippen LogP contribution in [0.25, 0.3) is 0 Å². The van der Waals surface area contributed by atoms with Gasteiger partial charge in [-0.3, -0.25) is 0 Å². The van der Waals surface area contributed by atoms with Crippen molar-refractivity contribution >= 4 is 17.6 Å². The van der Waals surface area contributed by atoms with Crippen molar-refractivity contribution in [1.29, 1.82) is 0 Å². The summed E-state index contributed by atoms with van der Waals surface area (Å²) in [5, 5.41) is 13.4. The largest absolute Gasteiger partial charge is 0.409 e. The van der Waals surface area contributed by atoms with E-state index in [-0.39, 0.29) is 5.84 Å². The third-order valence-electron chi connectivity index (χ3n) is 3.21. The highest BCUT2D eigenvalue weighted by Gasteiger charge is 2.18. The first-order valence-corrected chi connectivity index (χ1v) is 7.21. The zero-order chi connectivity index (χ0) is 13.0. The third kappa shape index (κ3) is 3.16. The van der Waals surface area contributed by atoms with E-state index in [1.807, 2.05) is 19.1 Å². The van der Waals surface area contributed by atoms with Gasteiger partial charge in [-0.25, -0.2) is 4.98 Å². The Hall–Kier alpha value is -1.23. The van der Waals surface area contributed by atoms with E-state index >= 15 is 0 Å². The minimum Gasteiger partial charge on any atom is -0.409 e. The third-order valence-corrected chi connectivity index (χ3v) is 4.55.